The first kappa shape index (κ1) is 16.4. The normalized spacial score (nSPS) is 14.0. The number of anilines is 1. The third-order valence-electron chi connectivity index (χ3n) is 4.72. The van der Waals surface area contributed by atoms with Gasteiger partial charge in [0.05, 0.1) is 18.5 Å². The monoisotopic (exact) mass is 353 g/mol. The van der Waals surface area contributed by atoms with Crippen molar-refractivity contribution in [3.8, 4) is 28.4 Å². The molecule has 1 fully saturated rings. The number of phenols is 1. The van der Waals surface area contributed by atoms with Crippen molar-refractivity contribution in [1.82, 2.24) is 9.78 Å². The van der Waals surface area contributed by atoms with Crippen LogP contribution in [0.4, 0.5) is 10.1 Å². The van der Waals surface area contributed by atoms with Gasteiger partial charge in [0.1, 0.15) is 0 Å². The third-order valence-corrected chi connectivity index (χ3v) is 4.72. The number of ether oxygens (including phenoxy) is 1. The average Bonchev–Trinajstić information content (AvgIpc) is 3.36. The van der Waals surface area contributed by atoms with Crippen LogP contribution in [-0.4, -0.2) is 35.1 Å². The van der Waals surface area contributed by atoms with Crippen molar-refractivity contribution in [2.45, 2.75) is 12.8 Å². The number of hydrogen-bond acceptors (Lipinski definition) is 4. The van der Waals surface area contributed by atoms with Crippen LogP contribution < -0.4 is 9.64 Å². The summed E-state index contributed by atoms with van der Waals surface area (Å²) in [6, 6.07) is 12.9. The van der Waals surface area contributed by atoms with Crippen LogP contribution in [0.5, 0.6) is 11.5 Å². The summed E-state index contributed by atoms with van der Waals surface area (Å²) in [4.78, 5) is 2.38. The molecule has 0 amide bonds. The van der Waals surface area contributed by atoms with Crippen LogP contribution in [0.15, 0.2) is 48.7 Å². The maximum atomic E-state index is 13.9. The van der Waals surface area contributed by atoms with Gasteiger partial charge in [-0.3, -0.25) is 0 Å². The number of aromatic hydroxyl groups is 1. The number of methoxy groups -OCH3 is 1. The Balaban J connectivity index is 1.61. The minimum Gasteiger partial charge on any atom is -0.502 e. The lowest BCUT2D eigenvalue weighted by Gasteiger charge is -2.17. The van der Waals surface area contributed by atoms with E-state index in [0.717, 1.165) is 18.8 Å². The number of benzene rings is 2. The highest BCUT2D eigenvalue weighted by Crippen LogP contribution is 2.34. The summed E-state index contributed by atoms with van der Waals surface area (Å²) in [6.45, 7) is 2.22. The first-order chi connectivity index (χ1) is 12.7. The molecule has 0 spiro atoms. The van der Waals surface area contributed by atoms with Gasteiger partial charge in [0, 0.05) is 30.5 Å². The standard InChI is InChI=1S/C20H20FN3O2/c1-26-19-13-14(12-17(21)20(19)25)18-8-11-24(22-18)16-6-4-15(5-7-16)23-9-2-3-10-23/h4-8,11-13,25H,2-3,9-10H2,1H3. The minimum atomic E-state index is -0.733. The number of phenolic OH excluding ortho intramolecular Hbond substituents is 1. The molecule has 134 valence electrons. The Hall–Kier alpha value is -3.02. The van der Waals surface area contributed by atoms with Crippen LogP contribution in [-0.2, 0) is 0 Å². The van der Waals surface area contributed by atoms with E-state index in [1.165, 1.54) is 31.7 Å². The molecule has 6 heteroatoms. The van der Waals surface area contributed by atoms with E-state index in [-0.39, 0.29) is 5.75 Å². The largest absolute Gasteiger partial charge is 0.502 e. The average molecular weight is 353 g/mol. The number of hydrogen-bond donors (Lipinski definition) is 1. The minimum absolute atomic E-state index is 0.0875. The lowest BCUT2D eigenvalue weighted by molar-refractivity contribution is 0.357. The van der Waals surface area contributed by atoms with E-state index >= 15 is 0 Å². The van der Waals surface area contributed by atoms with E-state index in [9.17, 15) is 9.50 Å². The van der Waals surface area contributed by atoms with Gasteiger partial charge in [-0.25, -0.2) is 9.07 Å². The third kappa shape index (κ3) is 2.98. The maximum absolute atomic E-state index is 13.9. The van der Waals surface area contributed by atoms with Crippen LogP contribution in [0, 0.1) is 5.82 Å². The summed E-state index contributed by atoms with van der Waals surface area (Å²) < 4.78 is 20.6. The predicted molar refractivity (Wildman–Crippen MR) is 98.6 cm³/mol. The first-order valence-corrected chi connectivity index (χ1v) is 8.63. The molecule has 0 bridgehead atoms. The zero-order chi connectivity index (χ0) is 18.1. The zero-order valence-corrected chi connectivity index (χ0v) is 14.5. The molecule has 2 heterocycles. The summed E-state index contributed by atoms with van der Waals surface area (Å²) in [5.74, 6) is -1.14. The van der Waals surface area contributed by atoms with Gasteiger partial charge < -0.3 is 14.7 Å². The number of halogens is 1. The summed E-state index contributed by atoms with van der Waals surface area (Å²) >= 11 is 0. The lowest BCUT2D eigenvalue weighted by Crippen LogP contribution is -2.17. The molecular formula is C20H20FN3O2. The second kappa shape index (κ2) is 6.71. The molecule has 4 rings (SSSR count). The Morgan fingerprint density at radius 2 is 1.73 bits per heavy atom. The Morgan fingerprint density at radius 1 is 1.04 bits per heavy atom. The molecule has 0 radical (unpaired) electrons. The van der Waals surface area contributed by atoms with Gasteiger partial charge in [0.15, 0.2) is 17.3 Å². The van der Waals surface area contributed by atoms with Gasteiger partial charge in [-0.05, 0) is 55.3 Å². The van der Waals surface area contributed by atoms with Crippen LogP contribution >= 0.6 is 0 Å². The fraction of sp³-hybridized carbons (Fsp3) is 0.250. The van der Waals surface area contributed by atoms with Crippen LogP contribution in [0.3, 0.4) is 0 Å². The summed E-state index contributed by atoms with van der Waals surface area (Å²) in [7, 11) is 1.39. The number of rotatable bonds is 4. The second-order valence-corrected chi connectivity index (χ2v) is 6.37. The van der Waals surface area contributed by atoms with Crippen molar-refractivity contribution < 1.29 is 14.2 Å². The van der Waals surface area contributed by atoms with E-state index in [1.54, 1.807) is 16.8 Å². The maximum Gasteiger partial charge on any atom is 0.194 e. The molecule has 0 aliphatic carbocycles. The number of aromatic nitrogens is 2. The van der Waals surface area contributed by atoms with E-state index in [1.807, 2.05) is 18.3 Å². The molecule has 1 saturated heterocycles. The SMILES string of the molecule is COc1cc(-c2ccn(-c3ccc(N4CCCC4)cc3)n2)cc(F)c1O. The highest BCUT2D eigenvalue weighted by molar-refractivity contribution is 5.64. The molecule has 1 N–H and O–H groups in total. The molecule has 0 unspecified atom stereocenters. The zero-order valence-electron chi connectivity index (χ0n) is 14.5. The van der Waals surface area contributed by atoms with Crippen molar-refractivity contribution in [3.63, 3.8) is 0 Å². The molecule has 26 heavy (non-hydrogen) atoms. The van der Waals surface area contributed by atoms with E-state index < -0.39 is 11.6 Å². The highest BCUT2D eigenvalue weighted by atomic mass is 19.1. The summed E-state index contributed by atoms with van der Waals surface area (Å²) in [6.07, 6.45) is 4.32. The van der Waals surface area contributed by atoms with Gasteiger partial charge in [0.25, 0.3) is 0 Å². The predicted octanol–water partition coefficient (Wildman–Crippen LogP) is 3.99. The Labute approximate surface area is 151 Å². The fourth-order valence-electron chi connectivity index (χ4n) is 3.29. The van der Waals surface area contributed by atoms with Gasteiger partial charge >= 0.3 is 0 Å². The van der Waals surface area contributed by atoms with Gasteiger partial charge in [-0.1, -0.05) is 0 Å². The molecule has 0 saturated carbocycles. The van der Waals surface area contributed by atoms with Crippen molar-refractivity contribution >= 4 is 5.69 Å². The van der Waals surface area contributed by atoms with Crippen molar-refractivity contribution in [2.24, 2.45) is 0 Å². The molecule has 5 nitrogen and oxygen atoms in total. The molecule has 1 aromatic heterocycles. The Bertz CT molecular complexity index is 915. The van der Waals surface area contributed by atoms with Crippen molar-refractivity contribution in [2.75, 3.05) is 25.1 Å². The van der Waals surface area contributed by atoms with E-state index in [2.05, 4.69) is 22.1 Å². The van der Waals surface area contributed by atoms with Crippen molar-refractivity contribution in [3.05, 3.63) is 54.5 Å². The molecular weight excluding hydrogens is 333 g/mol. The summed E-state index contributed by atoms with van der Waals surface area (Å²) in [5, 5.41) is 14.2. The van der Waals surface area contributed by atoms with Crippen LogP contribution in [0.1, 0.15) is 12.8 Å². The van der Waals surface area contributed by atoms with E-state index in [4.69, 9.17) is 4.74 Å². The second-order valence-electron chi connectivity index (χ2n) is 6.37. The molecule has 2 aromatic carbocycles. The fourth-order valence-corrected chi connectivity index (χ4v) is 3.29. The smallest absolute Gasteiger partial charge is 0.194 e. The summed E-state index contributed by atoms with van der Waals surface area (Å²) in [5.41, 5.74) is 3.31. The Kier molecular flexibility index (Phi) is 4.24. The quantitative estimate of drug-likeness (QED) is 0.770. The highest BCUT2D eigenvalue weighted by Gasteiger charge is 2.14. The molecule has 1 aliphatic rings. The van der Waals surface area contributed by atoms with E-state index in [0.29, 0.717) is 11.3 Å². The lowest BCUT2D eigenvalue weighted by atomic mass is 10.1. The van der Waals surface area contributed by atoms with Gasteiger partial charge in [-0.15, -0.1) is 0 Å². The molecule has 3 aromatic rings. The van der Waals surface area contributed by atoms with Gasteiger partial charge in [-0.2, -0.15) is 5.10 Å². The Morgan fingerprint density at radius 3 is 2.42 bits per heavy atom. The van der Waals surface area contributed by atoms with Crippen LogP contribution in [0.2, 0.25) is 0 Å². The van der Waals surface area contributed by atoms with Gasteiger partial charge in [0.2, 0.25) is 0 Å². The molecule has 1 aliphatic heterocycles. The first-order valence-electron chi connectivity index (χ1n) is 8.63. The number of nitrogens with zero attached hydrogens (tertiary/aromatic N) is 3. The van der Waals surface area contributed by atoms with Crippen LogP contribution in [0.25, 0.3) is 16.9 Å². The topological polar surface area (TPSA) is 50.5 Å². The molecule has 0 atom stereocenters. The van der Waals surface area contributed by atoms with Crippen molar-refractivity contribution in [1.29, 1.82) is 0 Å².